The molecule has 0 aliphatic carbocycles. The molecule has 34 heavy (non-hydrogen) atoms. The van der Waals surface area contributed by atoms with Crippen LogP contribution in [-0.4, -0.2) is 22.0 Å². The van der Waals surface area contributed by atoms with Gasteiger partial charge in [0.1, 0.15) is 5.75 Å². The molecule has 0 unspecified atom stereocenters. The Kier molecular flexibility index (Phi) is 7.55. The van der Waals surface area contributed by atoms with Crippen molar-refractivity contribution in [3.05, 3.63) is 102 Å². The van der Waals surface area contributed by atoms with E-state index in [4.69, 9.17) is 51.1 Å². The van der Waals surface area contributed by atoms with Gasteiger partial charge in [-0.1, -0.05) is 64.6 Å². The highest BCUT2D eigenvalue weighted by molar-refractivity contribution is 8.18. The zero-order valence-electron chi connectivity index (χ0n) is 17.1. The Balaban J connectivity index is 1.51. The van der Waals surface area contributed by atoms with Crippen LogP contribution in [0.15, 0.2) is 65.6 Å². The molecule has 1 fully saturated rings. The van der Waals surface area contributed by atoms with Gasteiger partial charge in [-0.15, -0.1) is 0 Å². The minimum atomic E-state index is -0.654. The molecular formula is C24H13Cl4NO4S. The van der Waals surface area contributed by atoms with E-state index in [1.165, 1.54) is 18.2 Å². The van der Waals surface area contributed by atoms with Crippen LogP contribution in [0.5, 0.6) is 5.75 Å². The van der Waals surface area contributed by atoms with Gasteiger partial charge < -0.3 is 4.74 Å². The molecule has 0 N–H and O–H groups in total. The van der Waals surface area contributed by atoms with Crippen LogP contribution in [0.2, 0.25) is 20.1 Å². The van der Waals surface area contributed by atoms with E-state index >= 15 is 0 Å². The molecule has 2 amide bonds. The Bertz CT molecular complexity index is 1360. The first-order valence-electron chi connectivity index (χ1n) is 9.68. The number of halogens is 4. The van der Waals surface area contributed by atoms with Crippen molar-refractivity contribution in [3.63, 3.8) is 0 Å². The quantitative estimate of drug-likeness (QED) is 0.184. The molecule has 0 aromatic heterocycles. The van der Waals surface area contributed by atoms with Crippen molar-refractivity contribution in [2.24, 2.45) is 0 Å². The molecule has 1 aliphatic heterocycles. The highest BCUT2D eigenvalue weighted by Gasteiger charge is 2.35. The number of carbonyl (C=O) groups excluding carboxylic acids is 3. The summed E-state index contributed by atoms with van der Waals surface area (Å²) in [7, 11) is 0. The second kappa shape index (κ2) is 10.4. The highest BCUT2D eigenvalue weighted by atomic mass is 35.5. The molecule has 172 valence electrons. The summed E-state index contributed by atoms with van der Waals surface area (Å²) < 4.78 is 5.41. The third-order valence-corrected chi connectivity index (χ3v) is 6.78. The zero-order chi connectivity index (χ0) is 24.4. The van der Waals surface area contributed by atoms with Crippen molar-refractivity contribution < 1.29 is 19.1 Å². The zero-order valence-corrected chi connectivity index (χ0v) is 20.9. The first-order chi connectivity index (χ1) is 16.2. The summed E-state index contributed by atoms with van der Waals surface area (Å²) in [6, 6.07) is 15.9. The van der Waals surface area contributed by atoms with Crippen molar-refractivity contribution in [2.45, 2.75) is 6.54 Å². The number of thioether (sulfide) groups is 1. The predicted octanol–water partition coefficient (Wildman–Crippen LogP) is 7.76. The molecule has 1 aliphatic rings. The fourth-order valence-corrected chi connectivity index (χ4v) is 4.88. The number of hydrogen-bond acceptors (Lipinski definition) is 5. The Morgan fingerprint density at radius 2 is 1.62 bits per heavy atom. The number of carbonyl (C=O) groups is 3. The average Bonchev–Trinajstić information content (AvgIpc) is 3.03. The number of nitrogens with zero attached hydrogens (tertiary/aromatic N) is 1. The summed E-state index contributed by atoms with van der Waals surface area (Å²) in [4.78, 5) is 39.1. The van der Waals surface area contributed by atoms with Crippen LogP contribution < -0.4 is 4.74 Å². The van der Waals surface area contributed by atoms with Crippen LogP contribution in [0.3, 0.4) is 0 Å². The lowest BCUT2D eigenvalue weighted by atomic mass is 10.2. The van der Waals surface area contributed by atoms with Crippen LogP contribution in [-0.2, 0) is 11.3 Å². The SMILES string of the molecule is O=C(Oc1cccc(/C=C2\SC(=O)N(Cc3ccc(Cl)cc3Cl)C2=O)c1)c1ccc(Cl)cc1Cl. The van der Waals surface area contributed by atoms with Crippen molar-refractivity contribution in [2.75, 3.05) is 0 Å². The number of esters is 1. The number of rotatable bonds is 5. The molecule has 10 heteroatoms. The molecule has 4 rings (SSSR count). The van der Waals surface area contributed by atoms with Crippen LogP contribution >= 0.6 is 58.2 Å². The van der Waals surface area contributed by atoms with Crippen molar-refractivity contribution in [1.82, 2.24) is 4.90 Å². The third kappa shape index (κ3) is 5.59. The van der Waals surface area contributed by atoms with Crippen LogP contribution in [0.1, 0.15) is 21.5 Å². The molecule has 0 saturated carbocycles. The molecule has 3 aromatic rings. The minimum absolute atomic E-state index is 0.0253. The van der Waals surface area contributed by atoms with E-state index in [1.54, 1.807) is 48.5 Å². The predicted molar refractivity (Wildman–Crippen MR) is 136 cm³/mol. The molecule has 1 heterocycles. The smallest absolute Gasteiger partial charge is 0.345 e. The van der Waals surface area contributed by atoms with Crippen LogP contribution in [0.25, 0.3) is 6.08 Å². The fraction of sp³-hybridized carbons (Fsp3) is 0.0417. The van der Waals surface area contributed by atoms with E-state index < -0.39 is 17.1 Å². The number of benzene rings is 3. The highest BCUT2D eigenvalue weighted by Crippen LogP contribution is 2.35. The Hall–Kier alpha value is -2.48. The standard InChI is InChI=1S/C24H13Cl4NO4S/c25-15-5-4-14(19(27)10-15)12-29-22(30)21(34-24(29)32)9-13-2-1-3-17(8-13)33-23(31)18-7-6-16(26)11-20(18)28/h1-11H,12H2/b21-9-. The van der Waals surface area contributed by atoms with Gasteiger partial charge in [0, 0.05) is 15.1 Å². The fourth-order valence-electron chi connectivity index (χ4n) is 3.09. The molecule has 0 bridgehead atoms. The summed E-state index contributed by atoms with van der Waals surface area (Å²) >= 11 is 24.8. The molecule has 0 spiro atoms. The number of hydrogen-bond donors (Lipinski definition) is 0. The summed E-state index contributed by atoms with van der Waals surface area (Å²) in [6.07, 6.45) is 1.56. The van der Waals surface area contributed by atoms with Gasteiger partial charge in [0.15, 0.2) is 0 Å². The maximum atomic E-state index is 12.9. The lowest BCUT2D eigenvalue weighted by Gasteiger charge is -2.13. The van der Waals surface area contributed by atoms with Gasteiger partial charge in [0.2, 0.25) is 0 Å². The van der Waals surface area contributed by atoms with Gasteiger partial charge in [-0.2, -0.15) is 0 Å². The summed E-state index contributed by atoms with van der Waals surface area (Å²) in [6.45, 7) is 0.0253. The Morgan fingerprint density at radius 1 is 0.912 bits per heavy atom. The van der Waals surface area contributed by atoms with Crippen LogP contribution in [0.4, 0.5) is 4.79 Å². The van der Waals surface area contributed by atoms with E-state index in [1.807, 2.05) is 0 Å². The number of amides is 2. The van der Waals surface area contributed by atoms with Crippen LogP contribution in [0, 0.1) is 0 Å². The lowest BCUT2D eigenvalue weighted by molar-refractivity contribution is -0.123. The largest absolute Gasteiger partial charge is 0.423 e. The van der Waals surface area contributed by atoms with E-state index in [0.29, 0.717) is 26.2 Å². The molecule has 0 atom stereocenters. The number of imide groups is 1. The van der Waals surface area contributed by atoms with Gasteiger partial charge in [0.25, 0.3) is 11.1 Å². The second-order valence-corrected chi connectivity index (χ2v) is 9.77. The van der Waals surface area contributed by atoms with E-state index in [0.717, 1.165) is 16.7 Å². The maximum absolute atomic E-state index is 12.9. The first-order valence-corrected chi connectivity index (χ1v) is 12.0. The van der Waals surface area contributed by atoms with E-state index in [-0.39, 0.29) is 27.8 Å². The monoisotopic (exact) mass is 551 g/mol. The molecule has 3 aromatic carbocycles. The van der Waals surface area contributed by atoms with Crippen molar-refractivity contribution in [3.8, 4) is 5.75 Å². The first kappa shape index (κ1) is 24.6. The van der Waals surface area contributed by atoms with Crippen molar-refractivity contribution in [1.29, 1.82) is 0 Å². The summed E-state index contributed by atoms with van der Waals surface area (Å²) in [5, 5.41) is 0.980. The molecular weight excluding hydrogens is 540 g/mol. The van der Waals surface area contributed by atoms with E-state index in [9.17, 15) is 14.4 Å². The summed E-state index contributed by atoms with van der Waals surface area (Å²) in [5.41, 5.74) is 1.34. The lowest BCUT2D eigenvalue weighted by Crippen LogP contribution is -2.27. The van der Waals surface area contributed by atoms with Crippen molar-refractivity contribution >= 4 is 81.4 Å². The maximum Gasteiger partial charge on any atom is 0.345 e. The Morgan fingerprint density at radius 3 is 2.32 bits per heavy atom. The molecule has 0 radical (unpaired) electrons. The average molecular weight is 553 g/mol. The van der Waals surface area contributed by atoms with Gasteiger partial charge in [0.05, 0.1) is 22.0 Å². The third-order valence-electron chi connectivity index (χ3n) is 4.73. The minimum Gasteiger partial charge on any atom is -0.423 e. The molecule has 1 saturated heterocycles. The number of ether oxygens (including phenoxy) is 1. The topological polar surface area (TPSA) is 63.7 Å². The van der Waals surface area contributed by atoms with Gasteiger partial charge in [-0.05, 0) is 71.4 Å². The Labute approximate surface area is 219 Å². The van der Waals surface area contributed by atoms with Gasteiger partial charge in [-0.3, -0.25) is 14.5 Å². The molecule has 5 nitrogen and oxygen atoms in total. The summed E-state index contributed by atoms with van der Waals surface area (Å²) in [5.74, 6) is -0.854. The second-order valence-electron chi connectivity index (χ2n) is 7.09. The normalized spacial score (nSPS) is 14.7. The van der Waals surface area contributed by atoms with E-state index in [2.05, 4.69) is 0 Å². The van der Waals surface area contributed by atoms with Gasteiger partial charge in [-0.25, -0.2) is 4.79 Å². The van der Waals surface area contributed by atoms with Gasteiger partial charge >= 0.3 is 5.97 Å².